The quantitative estimate of drug-likeness (QED) is 0.798. The van der Waals surface area contributed by atoms with Crippen LogP contribution in [0.2, 0.25) is 0 Å². The summed E-state index contributed by atoms with van der Waals surface area (Å²) >= 11 is 0. The zero-order valence-corrected chi connectivity index (χ0v) is 13.3. The number of ether oxygens (including phenoxy) is 1. The molecule has 2 aromatic rings. The molecule has 3 saturated heterocycles. The summed E-state index contributed by atoms with van der Waals surface area (Å²) in [5, 5.41) is 4.19. The fourth-order valence-electron chi connectivity index (χ4n) is 4.32. The van der Waals surface area contributed by atoms with E-state index in [9.17, 15) is 14.0 Å². The Morgan fingerprint density at radius 3 is 2.48 bits per heavy atom. The molecule has 0 radical (unpaired) electrons. The molecule has 4 atom stereocenters. The highest BCUT2D eigenvalue weighted by Crippen LogP contribution is 2.49. The van der Waals surface area contributed by atoms with Crippen molar-refractivity contribution in [3.8, 4) is 0 Å². The molecule has 7 heteroatoms. The van der Waals surface area contributed by atoms with Crippen LogP contribution in [0.15, 0.2) is 36.7 Å². The van der Waals surface area contributed by atoms with E-state index >= 15 is 0 Å². The minimum absolute atomic E-state index is 0.134. The van der Waals surface area contributed by atoms with Gasteiger partial charge in [-0.3, -0.25) is 14.3 Å². The largest absolute Gasteiger partial charge is 0.373 e. The number of benzene rings is 1. The number of hydrogen-bond donors (Lipinski definition) is 0. The van der Waals surface area contributed by atoms with E-state index in [1.54, 1.807) is 24.4 Å². The molecule has 2 amide bonds. The number of imide groups is 1. The van der Waals surface area contributed by atoms with Crippen molar-refractivity contribution in [3.05, 3.63) is 48.0 Å². The minimum atomic E-state index is -0.360. The highest BCUT2D eigenvalue weighted by Gasteiger charge is 2.62. The average molecular weight is 341 g/mol. The number of anilines is 1. The van der Waals surface area contributed by atoms with Crippen molar-refractivity contribution in [3.63, 3.8) is 0 Å². The number of hydrogen-bond acceptors (Lipinski definition) is 4. The van der Waals surface area contributed by atoms with Gasteiger partial charge in [-0.1, -0.05) is 18.2 Å². The van der Waals surface area contributed by atoms with Gasteiger partial charge < -0.3 is 4.74 Å². The summed E-state index contributed by atoms with van der Waals surface area (Å²) in [6, 6.07) is 6.46. The summed E-state index contributed by atoms with van der Waals surface area (Å²) in [6.45, 7) is 0.240. The molecule has 0 saturated carbocycles. The summed E-state index contributed by atoms with van der Waals surface area (Å²) in [7, 11) is 0. The highest BCUT2D eigenvalue weighted by molar-refractivity contribution is 6.22. The van der Waals surface area contributed by atoms with Gasteiger partial charge in [0.25, 0.3) is 0 Å². The standard InChI is InChI=1S/C18H16FN3O3/c19-12-4-2-1-3-10(12)8-21-9-11(7-20-21)22-17(23)15-13-5-6-14(25-13)16(15)18(22)24/h1-4,7,9,13-16H,5-6,8H2/t13-,14-,15-,16+/m0/s1. The predicted octanol–water partition coefficient (Wildman–Crippen LogP) is 1.74. The second kappa shape index (κ2) is 5.23. The highest BCUT2D eigenvalue weighted by atomic mass is 19.1. The first-order chi connectivity index (χ1) is 12.1. The minimum Gasteiger partial charge on any atom is -0.373 e. The Bertz CT molecular complexity index is 852. The molecule has 3 aliphatic heterocycles. The van der Waals surface area contributed by atoms with Gasteiger partial charge in [-0.15, -0.1) is 0 Å². The number of amides is 2. The van der Waals surface area contributed by atoms with Crippen LogP contribution >= 0.6 is 0 Å². The zero-order valence-electron chi connectivity index (χ0n) is 13.3. The number of rotatable bonds is 3. The lowest BCUT2D eigenvalue weighted by Gasteiger charge is -2.15. The van der Waals surface area contributed by atoms with E-state index in [1.165, 1.54) is 21.8 Å². The molecule has 2 bridgehead atoms. The molecule has 0 aliphatic carbocycles. The van der Waals surface area contributed by atoms with Gasteiger partial charge in [0.1, 0.15) is 5.82 Å². The van der Waals surface area contributed by atoms with Crippen LogP contribution in [0, 0.1) is 17.7 Å². The third-order valence-electron chi connectivity index (χ3n) is 5.45. The van der Waals surface area contributed by atoms with Gasteiger partial charge in [0.2, 0.25) is 11.8 Å². The van der Waals surface area contributed by atoms with Crippen LogP contribution in [0.4, 0.5) is 10.1 Å². The fraction of sp³-hybridized carbons (Fsp3) is 0.389. The molecule has 128 valence electrons. The van der Waals surface area contributed by atoms with Crippen LogP contribution in [0.3, 0.4) is 0 Å². The van der Waals surface area contributed by atoms with E-state index in [1.807, 2.05) is 0 Å². The lowest BCUT2D eigenvalue weighted by atomic mass is 9.81. The van der Waals surface area contributed by atoms with Crippen molar-refractivity contribution in [2.45, 2.75) is 31.6 Å². The summed E-state index contributed by atoms with van der Waals surface area (Å²) in [4.78, 5) is 26.7. The molecular formula is C18H16FN3O3. The first kappa shape index (κ1) is 14.8. The van der Waals surface area contributed by atoms with Gasteiger partial charge in [0.15, 0.2) is 0 Å². The average Bonchev–Trinajstić information content (AvgIpc) is 3.35. The molecular weight excluding hydrogens is 325 g/mol. The van der Waals surface area contributed by atoms with Gasteiger partial charge >= 0.3 is 0 Å². The van der Waals surface area contributed by atoms with E-state index in [-0.39, 0.29) is 48.2 Å². The number of fused-ring (bicyclic) bond motifs is 5. The lowest BCUT2D eigenvalue weighted by molar-refractivity contribution is -0.124. The van der Waals surface area contributed by atoms with Gasteiger partial charge in [-0.2, -0.15) is 5.10 Å². The molecule has 0 spiro atoms. The Kier molecular flexibility index (Phi) is 3.09. The van der Waals surface area contributed by atoms with Crippen molar-refractivity contribution in [1.82, 2.24) is 9.78 Å². The van der Waals surface area contributed by atoms with Crippen molar-refractivity contribution >= 4 is 17.5 Å². The summed E-state index contributed by atoms with van der Waals surface area (Å²) in [5.74, 6) is -1.43. The molecule has 5 rings (SSSR count). The van der Waals surface area contributed by atoms with Gasteiger partial charge in [-0.25, -0.2) is 9.29 Å². The number of nitrogens with zero attached hydrogens (tertiary/aromatic N) is 3. The van der Waals surface area contributed by atoms with Crippen LogP contribution < -0.4 is 4.90 Å². The first-order valence-corrected chi connectivity index (χ1v) is 8.42. The summed E-state index contributed by atoms with van der Waals surface area (Å²) in [6.07, 6.45) is 4.51. The van der Waals surface area contributed by atoms with E-state index in [0.29, 0.717) is 11.3 Å². The van der Waals surface area contributed by atoms with Crippen LogP contribution in [0.1, 0.15) is 18.4 Å². The van der Waals surface area contributed by atoms with Crippen molar-refractivity contribution in [2.75, 3.05) is 4.90 Å². The molecule has 6 nitrogen and oxygen atoms in total. The van der Waals surface area contributed by atoms with E-state index in [0.717, 1.165) is 12.8 Å². The van der Waals surface area contributed by atoms with Crippen molar-refractivity contribution in [2.24, 2.45) is 11.8 Å². The van der Waals surface area contributed by atoms with Crippen molar-refractivity contribution < 1.29 is 18.7 Å². The maximum atomic E-state index is 13.8. The maximum absolute atomic E-state index is 13.8. The van der Waals surface area contributed by atoms with E-state index in [2.05, 4.69) is 5.10 Å². The molecule has 3 fully saturated rings. The number of halogens is 1. The third kappa shape index (κ3) is 2.08. The lowest BCUT2D eigenvalue weighted by Crippen LogP contribution is -2.34. The molecule has 4 heterocycles. The second-order valence-electron chi connectivity index (χ2n) is 6.84. The Hall–Kier alpha value is -2.54. The summed E-state index contributed by atoms with van der Waals surface area (Å²) < 4.78 is 21.0. The maximum Gasteiger partial charge on any atom is 0.240 e. The molecule has 3 aliphatic rings. The van der Waals surface area contributed by atoms with Gasteiger partial charge in [0, 0.05) is 11.8 Å². The van der Waals surface area contributed by atoms with E-state index < -0.39 is 0 Å². The number of carbonyl (C=O) groups is 2. The number of carbonyl (C=O) groups excluding carboxylic acids is 2. The Morgan fingerprint density at radius 2 is 1.80 bits per heavy atom. The molecule has 0 unspecified atom stereocenters. The topological polar surface area (TPSA) is 64.4 Å². The number of aromatic nitrogens is 2. The SMILES string of the molecule is O=C1[C@@H]2[C@H](C(=O)N1c1cnn(Cc3ccccc3F)c1)[C@@H]1CC[C@@H]2O1. The van der Waals surface area contributed by atoms with Crippen LogP contribution in [0.5, 0.6) is 0 Å². The molecule has 1 aromatic heterocycles. The third-order valence-corrected chi connectivity index (χ3v) is 5.45. The molecule has 1 aromatic carbocycles. The van der Waals surface area contributed by atoms with Gasteiger partial charge in [-0.05, 0) is 18.9 Å². The zero-order chi connectivity index (χ0) is 17.1. The second-order valence-corrected chi connectivity index (χ2v) is 6.84. The fourth-order valence-corrected chi connectivity index (χ4v) is 4.32. The normalized spacial score (nSPS) is 30.4. The Morgan fingerprint density at radius 1 is 1.12 bits per heavy atom. The van der Waals surface area contributed by atoms with Crippen LogP contribution in [-0.2, 0) is 20.9 Å². The molecule has 25 heavy (non-hydrogen) atoms. The van der Waals surface area contributed by atoms with Crippen molar-refractivity contribution in [1.29, 1.82) is 0 Å². The smallest absolute Gasteiger partial charge is 0.240 e. The van der Waals surface area contributed by atoms with Gasteiger partial charge in [0.05, 0.1) is 42.5 Å². The Balaban J connectivity index is 1.41. The molecule has 0 N–H and O–H groups in total. The first-order valence-electron chi connectivity index (χ1n) is 8.42. The van der Waals surface area contributed by atoms with Crippen LogP contribution in [-0.4, -0.2) is 33.8 Å². The van der Waals surface area contributed by atoms with E-state index in [4.69, 9.17) is 4.74 Å². The van der Waals surface area contributed by atoms with Crippen LogP contribution in [0.25, 0.3) is 0 Å². The Labute approximate surface area is 143 Å². The predicted molar refractivity (Wildman–Crippen MR) is 85.1 cm³/mol. The summed E-state index contributed by atoms with van der Waals surface area (Å²) in [5.41, 5.74) is 0.944. The monoisotopic (exact) mass is 341 g/mol.